The van der Waals surface area contributed by atoms with E-state index in [9.17, 15) is 18.0 Å². The lowest BCUT2D eigenvalue weighted by atomic mass is 9.87. The second kappa shape index (κ2) is 12.0. The zero-order valence-corrected chi connectivity index (χ0v) is 23.2. The van der Waals surface area contributed by atoms with E-state index < -0.39 is 17.6 Å². The zero-order valence-electron chi connectivity index (χ0n) is 22.4. The highest BCUT2D eigenvalue weighted by molar-refractivity contribution is 7.99. The Bertz CT molecular complexity index is 1470. The van der Waals surface area contributed by atoms with Gasteiger partial charge in [-0.25, -0.2) is 5.43 Å². The number of hydrogen-bond acceptors (Lipinski definition) is 6. The summed E-state index contributed by atoms with van der Waals surface area (Å²) in [5.41, 5.74) is 4.92. The summed E-state index contributed by atoms with van der Waals surface area (Å²) in [6.45, 7) is 6.44. The van der Waals surface area contributed by atoms with Crippen LogP contribution in [0.2, 0.25) is 0 Å². The monoisotopic (exact) mass is 567 g/mol. The maximum Gasteiger partial charge on any atom is 0.416 e. The van der Waals surface area contributed by atoms with Crippen LogP contribution in [0, 0.1) is 0 Å². The molecule has 208 valence electrons. The summed E-state index contributed by atoms with van der Waals surface area (Å²) in [6, 6.07) is 20.0. The first-order valence-electron chi connectivity index (χ1n) is 12.3. The van der Waals surface area contributed by atoms with Gasteiger partial charge in [-0.15, -0.1) is 10.2 Å². The fraction of sp³-hybridized carbons (Fsp3) is 0.241. The van der Waals surface area contributed by atoms with Crippen LogP contribution in [-0.4, -0.2) is 39.7 Å². The van der Waals surface area contributed by atoms with Gasteiger partial charge in [0, 0.05) is 11.3 Å². The molecule has 40 heavy (non-hydrogen) atoms. The largest absolute Gasteiger partial charge is 0.497 e. The number of nitrogens with one attached hydrogen (secondary N) is 1. The van der Waals surface area contributed by atoms with Crippen LogP contribution in [0.4, 0.5) is 13.2 Å². The molecule has 4 rings (SSSR count). The highest BCUT2D eigenvalue weighted by Gasteiger charge is 2.29. The average Bonchev–Trinajstić information content (AvgIpc) is 3.35. The summed E-state index contributed by atoms with van der Waals surface area (Å²) >= 11 is 1.18. The molecule has 1 heterocycles. The third-order valence-corrected chi connectivity index (χ3v) is 6.88. The van der Waals surface area contributed by atoms with E-state index in [1.165, 1.54) is 35.7 Å². The molecule has 0 aliphatic carbocycles. The molecule has 3 aromatic carbocycles. The fourth-order valence-corrected chi connectivity index (χ4v) is 4.48. The standard InChI is InChI=1S/C29H28F3N5O2S/c1-28(2,3)21-11-7-20(8-12-21)26-35-36-27(37(26)23-13-15-24(39-4)16-14-23)40-18-25(38)34-33-17-19-5-9-22(10-6-19)29(30,31)32/h5-17H,18H2,1-4H3,(H,34,38)/b33-17+. The van der Waals surface area contributed by atoms with E-state index in [0.29, 0.717) is 22.3 Å². The highest BCUT2D eigenvalue weighted by Crippen LogP contribution is 2.31. The number of nitrogens with zero attached hydrogens (tertiary/aromatic N) is 4. The van der Waals surface area contributed by atoms with E-state index in [1.807, 2.05) is 41.0 Å². The maximum absolute atomic E-state index is 12.7. The van der Waals surface area contributed by atoms with Crippen molar-refractivity contribution in [3.8, 4) is 22.8 Å². The van der Waals surface area contributed by atoms with Gasteiger partial charge in [0.15, 0.2) is 11.0 Å². The molecule has 1 aromatic heterocycles. The Morgan fingerprint density at radius 1 is 0.950 bits per heavy atom. The Morgan fingerprint density at radius 3 is 2.15 bits per heavy atom. The Balaban J connectivity index is 1.50. The first-order valence-corrected chi connectivity index (χ1v) is 13.3. The van der Waals surface area contributed by atoms with Crippen LogP contribution >= 0.6 is 11.8 Å². The molecule has 0 radical (unpaired) electrons. The maximum atomic E-state index is 12.7. The van der Waals surface area contributed by atoms with Gasteiger partial charge in [-0.3, -0.25) is 9.36 Å². The highest BCUT2D eigenvalue weighted by atomic mass is 32.2. The minimum atomic E-state index is -4.41. The zero-order chi connectivity index (χ0) is 28.9. The molecule has 0 aliphatic rings. The minimum absolute atomic E-state index is 0.00552. The normalized spacial score (nSPS) is 12.1. The molecular weight excluding hydrogens is 539 g/mol. The van der Waals surface area contributed by atoms with Crippen LogP contribution in [-0.2, 0) is 16.4 Å². The number of carbonyl (C=O) groups excluding carboxylic acids is 1. The number of hydrogen-bond donors (Lipinski definition) is 1. The summed E-state index contributed by atoms with van der Waals surface area (Å²) in [6.07, 6.45) is -3.13. The third kappa shape index (κ3) is 7.09. The number of ether oxygens (including phenoxy) is 1. The van der Waals surface area contributed by atoms with Gasteiger partial charge in [0.1, 0.15) is 5.75 Å². The van der Waals surface area contributed by atoms with Crippen molar-refractivity contribution in [2.24, 2.45) is 5.10 Å². The lowest BCUT2D eigenvalue weighted by Crippen LogP contribution is -2.20. The molecule has 0 saturated heterocycles. The second-order valence-electron chi connectivity index (χ2n) is 9.87. The predicted molar refractivity (Wildman–Crippen MR) is 150 cm³/mol. The summed E-state index contributed by atoms with van der Waals surface area (Å²) in [5, 5.41) is 13.1. The number of aromatic nitrogens is 3. The van der Waals surface area contributed by atoms with Crippen LogP contribution in [0.5, 0.6) is 5.75 Å². The van der Waals surface area contributed by atoms with Crippen LogP contribution in [0.1, 0.15) is 37.5 Å². The van der Waals surface area contributed by atoms with Crippen molar-refractivity contribution in [3.05, 3.63) is 89.5 Å². The van der Waals surface area contributed by atoms with E-state index in [0.717, 1.165) is 23.4 Å². The average molecular weight is 568 g/mol. The molecule has 7 nitrogen and oxygen atoms in total. The SMILES string of the molecule is COc1ccc(-n2c(SCC(=O)N/N=C/c3ccc(C(F)(F)F)cc3)nnc2-c2ccc(C(C)(C)C)cc2)cc1. The molecule has 0 fully saturated rings. The first-order chi connectivity index (χ1) is 19.0. The number of amides is 1. The lowest BCUT2D eigenvalue weighted by Gasteiger charge is -2.19. The summed E-state index contributed by atoms with van der Waals surface area (Å²) in [5.74, 6) is 0.900. The number of rotatable bonds is 8. The van der Waals surface area contributed by atoms with E-state index >= 15 is 0 Å². The van der Waals surface area contributed by atoms with Crippen molar-refractivity contribution in [1.29, 1.82) is 0 Å². The van der Waals surface area contributed by atoms with Gasteiger partial charge in [-0.1, -0.05) is 68.9 Å². The van der Waals surface area contributed by atoms with E-state index in [1.54, 1.807) is 7.11 Å². The number of benzene rings is 3. The third-order valence-electron chi connectivity index (χ3n) is 5.95. The number of thioether (sulfide) groups is 1. The first kappa shape index (κ1) is 28.9. The van der Waals surface area contributed by atoms with Gasteiger partial charge in [-0.2, -0.15) is 18.3 Å². The van der Waals surface area contributed by atoms with Crippen molar-refractivity contribution in [2.75, 3.05) is 12.9 Å². The van der Waals surface area contributed by atoms with Gasteiger partial charge in [0.05, 0.1) is 24.6 Å². The number of alkyl halides is 3. The molecular formula is C29H28F3N5O2S. The van der Waals surface area contributed by atoms with E-state index in [2.05, 4.69) is 53.6 Å². The van der Waals surface area contributed by atoms with Gasteiger partial charge >= 0.3 is 6.18 Å². The molecule has 0 unspecified atom stereocenters. The minimum Gasteiger partial charge on any atom is -0.497 e. The fourth-order valence-electron chi connectivity index (χ4n) is 3.73. The number of halogens is 3. The molecule has 0 atom stereocenters. The lowest BCUT2D eigenvalue weighted by molar-refractivity contribution is -0.137. The van der Waals surface area contributed by atoms with Gasteiger partial charge < -0.3 is 4.74 Å². The molecule has 1 N–H and O–H groups in total. The van der Waals surface area contributed by atoms with Gasteiger partial charge in [0.25, 0.3) is 5.91 Å². The Kier molecular flexibility index (Phi) is 8.63. The smallest absolute Gasteiger partial charge is 0.416 e. The van der Waals surface area contributed by atoms with Gasteiger partial charge in [-0.05, 0) is 52.9 Å². The van der Waals surface area contributed by atoms with E-state index in [-0.39, 0.29) is 11.2 Å². The van der Waals surface area contributed by atoms with Crippen LogP contribution < -0.4 is 10.2 Å². The molecule has 0 bridgehead atoms. The number of carbonyl (C=O) groups is 1. The molecule has 11 heteroatoms. The Hall–Kier alpha value is -4.12. The second-order valence-corrected chi connectivity index (χ2v) is 10.8. The van der Waals surface area contributed by atoms with Crippen molar-refractivity contribution < 1.29 is 22.7 Å². The summed E-state index contributed by atoms with van der Waals surface area (Å²) in [7, 11) is 1.59. The van der Waals surface area contributed by atoms with Crippen LogP contribution in [0.25, 0.3) is 17.1 Å². The molecule has 0 spiro atoms. The summed E-state index contributed by atoms with van der Waals surface area (Å²) in [4.78, 5) is 12.5. The number of methoxy groups -OCH3 is 1. The Labute approximate surface area is 234 Å². The van der Waals surface area contributed by atoms with Crippen LogP contribution in [0.15, 0.2) is 83.1 Å². The van der Waals surface area contributed by atoms with Crippen molar-refractivity contribution in [3.63, 3.8) is 0 Å². The Morgan fingerprint density at radius 2 is 1.57 bits per heavy atom. The molecule has 0 saturated carbocycles. The molecule has 4 aromatic rings. The topological polar surface area (TPSA) is 81.4 Å². The van der Waals surface area contributed by atoms with Crippen LogP contribution in [0.3, 0.4) is 0 Å². The molecule has 0 aliphatic heterocycles. The molecule has 1 amide bonds. The van der Waals surface area contributed by atoms with Crippen molar-refractivity contribution in [2.45, 2.75) is 37.5 Å². The summed E-state index contributed by atoms with van der Waals surface area (Å²) < 4.78 is 45.3. The number of hydrazone groups is 1. The predicted octanol–water partition coefficient (Wildman–Crippen LogP) is 6.50. The van der Waals surface area contributed by atoms with Crippen molar-refractivity contribution in [1.82, 2.24) is 20.2 Å². The van der Waals surface area contributed by atoms with Crippen molar-refractivity contribution >= 4 is 23.9 Å². The van der Waals surface area contributed by atoms with Gasteiger partial charge in [0.2, 0.25) is 0 Å². The van der Waals surface area contributed by atoms with E-state index in [4.69, 9.17) is 4.74 Å². The quantitative estimate of drug-likeness (QED) is 0.149.